The Morgan fingerprint density at radius 3 is 2.24 bits per heavy atom. The van der Waals surface area contributed by atoms with E-state index in [2.05, 4.69) is 22.6 Å². The molecule has 4 nitrogen and oxygen atoms in total. The molecule has 0 fully saturated rings. The maximum atomic E-state index is 11.0. The predicted molar refractivity (Wildman–Crippen MR) is 70.9 cm³/mol. The minimum absolute atomic E-state index is 0.110. The smallest absolute Gasteiger partial charge is 0.306 e. The van der Waals surface area contributed by atoms with Gasteiger partial charge in [-0.3, -0.25) is 9.59 Å². The third-order valence-electron chi connectivity index (χ3n) is 2.45. The van der Waals surface area contributed by atoms with Crippen molar-refractivity contribution < 1.29 is 19.8 Å². The molecule has 0 bridgehead atoms. The summed E-state index contributed by atoms with van der Waals surface area (Å²) in [7, 11) is 0. The van der Waals surface area contributed by atoms with Gasteiger partial charge in [0.15, 0.2) is 0 Å². The monoisotopic (exact) mass is 348 g/mol. The maximum absolute atomic E-state index is 11.0. The molecule has 0 radical (unpaired) electrons. The molecule has 0 heterocycles. The summed E-state index contributed by atoms with van der Waals surface area (Å²) in [5.74, 6) is -2.53. The molecule has 0 amide bonds. The summed E-state index contributed by atoms with van der Waals surface area (Å²) in [6, 6.07) is 7.56. The molecule has 0 aliphatic carbocycles. The van der Waals surface area contributed by atoms with E-state index in [4.69, 9.17) is 10.2 Å². The zero-order chi connectivity index (χ0) is 12.8. The Hall–Kier alpha value is -1.11. The summed E-state index contributed by atoms with van der Waals surface area (Å²) in [5.41, 5.74) is 0.920. The molecule has 0 saturated carbocycles. The van der Waals surface area contributed by atoms with Gasteiger partial charge in [0.1, 0.15) is 0 Å². The van der Waals surface area contributed by atoms with Gasteiger partial charge in [-0.25, -0.2) is 0 Å². The highest BCUT2D eigenvalue weighted by Crippen LogP contribution is 2.16. The third kappa shape index (κ3) is 5.16. The van der Waals surface area contributed by atoms with Gasteiger partial charge >= 0.3 is 11.9 Å². The first-order chi connectivity index (χ1) is 7.99. The second kappa shape index (κ2) is 6.58. The maximum Gasteiger partial charge on any atom is 0.306 e. The molecule has 1 rings (SSSR count). The van der Waals surface area contributed by atoms with Crippen molar-refractivity contribution >= 4 is 34.5 Å². The summed E-state index contributed by atoms with van der Waals surface area (Å²) in [4.78, 5) is 21.4. The van der Waals surface area contributed by atoms with Crippen LogP contribution < -0.4 is 0 Å². The highest BCUT2D eigenvalue weighted by atomic mass is 127. The third-order valence-corrected chi connectivity index (χ3v) is 3.17. The van der Waals surface area contributed by atoms with E-state index in [-0.39, 0.29) is 12.8 Å². The first-order valence-corrected chi connectivity index (χ1v) is 6.26. The lowest BCUT2D eigenvalue weighted by molar-refractivity contribution is -0.142. The molecule has 5 heteroatoms. The first kappa shape index (κ1) is 14.0. The molecule has 17 heavy (non-hydrogen) atoms. The van der Waals surface area contributed by atoms with Crippen LogP contribution in [0.2, 0.25) is 0 Å². The van der Waals surface area contributed by atoms with E-state index in [1.165, 1.54) is 0 Å². The molecule has 0 aliphatic heterocycles. The van der Waals surface area contributed by atoms with Gasteiger partial charge < -0.3 is 10.2 Å². The van der Waals surface area contributed by atoms with E-state index in [0.29, 0.717) is 6.42 Å². The fourth-order valence-corrected chi connectivity index (χ4v) is 1.88. The summed E-state index contributed by atoms with van der Waals surface area (Å²) in [6.45, 7) is 0. The number of benzene rings is 1. The van der Waals surface area contributed by atoms with Crippen LogP contribution in [0.3, 0.4) is 0 Å². The second-order valence-electron chi connectivity index (χ2n) is 3.80. The Kier molecular flexibility index (Phi) is 5.40. The van der Waals surface area contributed by atoms with Gasteiger partial charge in [-0.15, -0.1) is 0 Å². The van der Waals surface area contributed by atoms with Crippen molar-refractivity contribution in [2.75, 3.05) is 0 Å². The standard InChI is InChI=1S/C12H13IO4/c13-10-4-1-8(2-5-10)7-9(12(16)17)3-6-11(14)15/h1-2,4-5,9H,3,6-7H2,(H,14,15)(H,16,17). The molecule has 2 N–H and O–H groups in total. The number of carbonyl (C=O) groups is 2. The lowest BCUT2D eigenvalue weighted by Crippen LogP contribution is -2.17. The molecular weight excluding hydrogens is 335 g/mol. The second-order valence-corrected chi connectivity index (χ2v) is 5.04. The quantitative estimate of drug-likeness (QED) is 0.775. The number of halogens is 1. The molecule has 1 unspecified atom stereocenters. The molecule has 92 valence electrons. The van der Waals surface area contributed by atoms with Crippen LogP contribution in [0.15, 0.2) is 24.3 Å². The number of hydrogen-bond acceptors (Lipinski definition) is 2. The van der Waals surface area contributed by atoms with E-state index in [1.54, 1.807) is 0 Å². The average Bonchev–Trinajstić information content (AvgIpc) is 2.26. The van der Waals surface area contributed by atoms with E-state index in [9.17, 15) is 9.59 Å². The molecular formula is C12H13IO4. The van der Waals surface area contributed by atoms with Crippen molar-refractivity contribution in [1.82, 2.24) is 0 Å². The Balaban J connectivity index is 2.63. The fraction of sp³-hybridized carbons (Fsp3) is 0.333. The number of hydrogen-bond donors (Lipinski definition) is 2. The molecule has 0 spiro atoms. The molecule has 0 aliphatic rings. The zero-order valence-electron chi connectivity index (χ0n) is 9.10. The van der Waals surface area contributed by atoms with E-state index in [1.807, 2.05) is 24.3 Å². The van der Waals surface area contributed by atoms with E-state index in [0.717, 1.165) is 9.13 Å². The lowest BCUT2D eigenvalue weighted by Gasteiger charge is -2.11. The van der Waals surface area contributed by atoms with Crippen LogP contribution in [0.25, 0.3) is 0 Å². The van der Waals surface area contributed by atoms with Crippen molar-refractivity contribution in [2.24, 2.45) is 5.92 Å². The van der Waals surface area contributed by atoms with Crippen LogP contribution in [0.1, 0.15) is 18.4 Å². The van der Waals surface area contributed by atoms with Gasteiger partial charge in [-0.1, -0.05) is 12.1 Å². The summed E-state index contributed by atoms with van der Waals surface area (Å²) in [6.07, 6.45) is 0.428. The predicted octanol–water partition coefficient (Wildman–Crippen LogP) is 2.40. The van der Waals surface area contributed by atoms with Gasteiger partial charge in [-0.2, -0.15) is 0 Å². The summed E-state index contributed by atoms with van der Waals surface area (Å²) >= 11 is 2.17. The van der Waals surface area contributed by atoms with E-state index >= 15 is 0 Å². The van der Waals surface area contributed by atoms with Crippen molar-refractivity contribution in [3.05, 3.63) is 33.4 Å². The Bertz CT molecular complexity index is 399. The summed E-state index contributed by atoms with van der Waals surface area (Å²) < 4.78 is 1.09. The Morgan fingerprint density at radius 2 is 1.76 bits per heavy atom. The number of carboxylic acid groups (broad SMARTS) is 2. The largest absolute Gasteiger partial charge is 0.481 e. The Labute approximate surface area is 113 Å². The normalized spacial score (nSPS) is 12.1. The Morgan fingerprint density at radius 1 is 1.18 bits per heavy atom. The van der Waals surface area contributed by atoms with Crippen LogP contribution in [-0.2, 0) is 16.0 Å². The number of rotatable bonds is 6. The molecule has 0 aromatic heterocycles. The minimum Gasteiger partial charge on any atom is -0.481 e. The number of carboxylic acids is 2. The summed E-state index contributed by atoms with van der Waals surface area (Å²) in [5, 5.41) is 17.6. The van der Waals surface area contributed by atoms with Crippen molar-refractivity contribution in [3.8, 4) is 0 Å². The highest BCUT2D eigenvalue weighted by Gasteiger charge is 2.19. The molecule has 0 saturated heterocycles. The lowest BCUT2D eigenvalue weighted by atomic mass is 9.95. The van der Waals surface area contributed by atoms with Crippen LogP contribution in [0.5, 0.6) is 0 Å². The van der Waals surface area contributed by atoms with Crippen molar-refractivity contribution in [1.29, 1.82) is 0 Å². The van der Waals surface area contributed by atoms with Crippen LogP contribution in [0, 0.1) is 9.49 Å². The van der Waals surface area contributed by atoms with Gasteiger partial charge in [0.2, 0.25) is 0 Å². The molecule has 1 aromatic carbocycles. The van der Waals surface area contributed by atoms with Gasteiger partial charge in [0.25, 0.3) is 0 Å². The topological polar surface area (TPSA) is 74.6 Å². The van der Waals surface area contributed by atoms with Crippen LogP contribution >= 0.6 is 22.6 Å². The minimum atomic E-state index is -0.959. The number of aliphatic carboxylic acids is 2. The van der Waals surface area contributed by atoms with Crippen molar-refractivity contribution in [2.45, 2.75) is 19.3 Å². The van der Waals surface area contributed by atoms with Crippen molar-refractivity contribution in [3.63, 3.8) is 0 Å². The van der Waals surface area contributed by atoms with E-state index < -0.39 is 17.9 Å². The SMILES string of the molecule is O=C(O)CCC(Cc1ccc(I)cc1)C(=O)O. The van der Waals surface area contributed by atoms with Gasteiger partial charge in [0, 0.05) is 9.99 Å². The highest BCUT2D eigenvalue weighted by molar-refractivity contribution is 14.1. The van der Waals surface area contributed by atoms with Crippen LogP contribution in [-0.4, -0.2) is 22.2 Å². The first-order valence-electron chi connectivity index (χ1n) is 5.18. The van der Waals surface area contributed by atoms with Crippen LogP contribution in [0.4, 0.5) is 0 Å². The van der Waals surface area contributed by atoms with Gasteiger partial charge in [0.05, 0.1) is 5.92 Å². The average molecular weight is 348 g/mol. The van der Waals surface area contributed by atoms with Gasteiger partial charge in [-0.05, 0) is 53.1 Å². The molecule has 1 atom stereocenters. The fourth-order valence-electron chi connectivity index (χ4n) is 1.52. The molecule has 1 aromatic rings. The zero-order valence-corrected chi connectivity index (χ0v) is 11.3.